The number of carboxylic acid groups (broad SMARTS) is 1. The first-order valence-corrected chi connectivity index (χ1v) is 7.92. The highest BCUT2D eigenvalue weighted by Gasteiger charge is 2.30. The van der Waals surface area contributed by atoms with Crippen molar-refractivity contribution in [2.45, 2.75) is 26.3 Å². The Hall–Kier alpha value is -3.17. The van der Waals surface area contributed by atoms with E-state index in [1.54, 1.807) is 0 Å². The summed E-state index contributed by atoms with van der Waals surface area (Å²) in [7, 11) is 0. The number of nitrogens with zero attached hydrogens (tertiary/aromatic N) is 2. The fraction of sp³-hybridized carbons (Fsp3) is 0.438. The van der Waals surface area contributed by atoms with Crippen molar-refractivity contribution >= 4 is 29.2 Å². The summed E-state index contributed by atoms with van der Waals surface area (Å²) in [5.41, 5.74) is -0.156. The Labute approximate surface area is 148 Å². The van der Waals surface area contributed by atoms with Gasteiger partial charge in [-0.25, -0.2) is 4.79 Å². The molecule has 1 heterocycles. The van der Waals surface area contributed by atoms with Crippen LogP contribution in [0.15, 0.2) is 18.2 Å². The summed E-state index contributed by atoms with van der Waals surface area (Å²) >= 11 is 0. The highest BCUT2D eigenvalue weighted by molar-refractivity contribution is 6.02. The number of hydrogen-bond donors (Lipinski definition) is 2. The molecule has 0 bridgehead atoms. The number of anilines is 1. The van der Waals surface area contributed by atoms with E-state index < -0.39 is 35.3 Å². The second-order valence-electron chi connectivity index (χ2n) is 6.27. The zero-order valence-corrected chi connectivity index (χ0v) is 14.3. The highest BCUT2D eigenvalue weighted by Crippen LogP contribution is 2.35. The van der Waals surface area contributed by atoms with Gasteiger partial charge in [-0.3, -0.25) is 24.6 Å². The van der Waals surface area contributed by atoms with Crippen molar-refractivity contribution in [1.82, 2.24) is 5.32 Å². The Morgan fingerprint density at radius 2 is 2.12 bits per heavy atom. The van der Waals surface area contributed by atoms with E-state index in [1.807, 2.05) is 13.8 Å². The van der Waals surface area contributed by atoms with Crippen molar-refractivity contribution in [3.63, 3.8) is 0 Å². The number of aliphatic carboxylic acids is 1. The van der Waals surface area contributed by atoms with Gasteiger partial charge < -0.3 is 15.2 Å². The van der Waals surface area contributed by atoms with Crippen molar-refractivity contribution in [2.24, 2.45) is 5.92 Å². The predicted octanol–water partition coefficient (Wildman–Crippen LogP) is 0.936. The van der Waals surface area contributed by atoms with Crippen molar-refractivity contribution in [3.8, 4) is 5.75 Å². The first-order chi connectivity index (χ1) is 12.2. The lowest BCUT2D eigenvalue weighted by atomic mass is 10.0. The number of rotatable bonds is 7. The van der Waals surface area contributed by atoms with Crippen LogP contribution >= 0.6 is 0 Å². The number of carbonyl (C=O) groups excluding carboxylic acids is 2. The third-order valence-corrected chi connectivity index (χ3v) is 3.74. The minimum atomic E-state index is -1.17. The van der Waals surface area contributed by atoms with Gasteiger partial charge in [-0.05, 0) is 18.4 Å². The van der Waals surface area contributed by atoms with Gasteiger partial charge in [-0.2, -0.15) is 0 Å². The lowest BCUT2D eigenvalue weighted by molar-refractivity contribution is -0.384. The molecule has 26 heavy (non-hydrogen) atoms. The van der Waals surface area contributed by atoms with Crippen LogP contribution in [0, 0.1) is 16.0 Å². The average Bonchev–Trinajstić information content (AvgIpc) is 2.55. The minimum Gasteiger partial charge on any atom is -0.482 e. The maximum absolute atomic E-state index is 12.2. The Bertz CT molecular complexity index is 747. The third kappa shape index (κ3) is 4.47. The topological polar surface area (TPSA) is 139 Å². The number of benzene rings is 1. The van der Waals surface area contributed by atoms with Gasteiger partial charge in [-0.15, -0.1) is 0 Å². The van der Waals surface area contributed by atoms with Gasteiger partial charge in [0, 0.05) is 12.1 Å². The van der Waals surface area contributed by atoms with Crippen molar-refractivity contribution < 1.29 is 29.2 Å². The summed E-state index contributed by atoms with van der Waals surface area (Å²) in [5.74, 6) is -2.12. The number of carboxylic acids is 1. The summed E-state index contributed by atoms with van der Waals surface area (Å²) in [6.45, 7) is 2.87. The monoisotopic (exact) mass is 365 g/mol. The molecule has 0 unspecified atom stereocenters. The normalized spacial score (nSPS) is 14.4. The molecule has 1 aliphatic rings. The van der Waals surface area contributed by atoms with E-state index in [0.29, 0.717) is 0 Å². The van der Waals surface area contributed by atoms with Gasteiger partial charge in [0.15, 0.2) is 6.61 Å². The van der Waals surface area contributed by atoms with E-state index in [4.69, 9.17) is 4.74 Å². The van der Waals surface area contributed by atoms with Crippen molar-refractivity contribution in [3.05, 3.63) is 28.3 Å². The van der Waals surface area contributed by atoms with E-state index in [-0.39, 0.29) is 36.1 Å². The SMILES string of the molecule is CC(C)C[C@@H](NC(=O)CN1C(=O)COc2ccc([N+](=O)[O-])cc21)C(=O)O. The van der Waals surface area contributed by atoms with Gasteiger partial charge in [0.05, 0.1) is 10.6 Å². The molecule has 0 fully saturated rings. The van der Waals surface area contributed by atoms with Crippen LogP contribution < -0.4 is 15.0 Å². The third-order valence-electron chi connectivity index (χ3n) is 3.74. The number of nitro benzene ring substituents is 1. The number of carbonyl (C=O) groups is 3. The van der Waals surface area contributed by atoms with Crippen LogP contribution in [0.4, 0.5) is 11.4 Å². The number of hydrogen-bond acceptors (Lipinski definition) is 6. The number of nitro groups is 1. The molecule has 0 radical (unpaired) electrons. The fourth-order valence-electron chi connectivity index (χ4n) is 2.55. The molecular formula is C16H19N3O7. The summed E-state index contributed by atoms with van der Waals surface area (Å²) in [6.07, 6.45) is 0.236. The molecule has 2 amide bonds. The van der Waals surface area contributed by atoms with Crippen LogP contribution in [-0.4, -0.2) is 47.0 Å². The number of ether oxygens (including phenoxy) is 1. The first kappa shape index (κ1) is 19.2. The Kier molecular flexibility index (Phi) is 5.75. The molecule has 0 saturated heterocycles. The molecule has 0 aliphatic carbocycles. The molecule has 10 heteroatoms. The van der Waals surface area contributed by atoms with Gasteiger partial charge >= 0.3 is 5.97 Å². The highest BCUT2D eigenvalue weighted by atomic mass is 16.6. The molecule has 0 aromatic heterocycles. The van der Waals surface area contributed by atoms with Crippen molar-refractivity contribution in [1.29, 1.82) is 0 Å². The molecule has 2 N–H and O–H groups in total. The van der Waals surface area contributed by atoms with Crippen LogP contribution in [0.25, 0.3) is 0 Å². The van der Waals surface area contributed by atoms with E-state index in [2.05, 4.69) is 5.32 Å². The van der Waals surface area contributed by atoms with Gasteiger partial charge in [0.25, 0.3) is 11.6 Å². The number of amides is 2. The maximum atomic E-state index is 12.2. The summed E-state index contributed by atoms with van der Waals surface area (Å²) in [4.78, 5) is 47.0. The van der Waals surface area contributed by atoms with Gasteiger partial charge in [0.2, 0.25) is 5.91 Å². The zero-order chi connectivity index (χ0) is 19.4. The maximum Gasteiger partial charge on any atom is 0.326 e. The Morgan fingerprint density at radius 3 is 2.69 bits per heavy atom. The Morgan fingerprint density at radius 1 is 1.42 bits per heavy atom. The molecule has 140 valence electrons. The van der Waals surface area contributed by atoms with Crippen LogP contribution in [0.5, 0.6) is 5.75 Å². The van der Waals surface area contributed by atoms with E-state index in [9.17, 15) is 29.6 Å². The zero-order valence-electron chi connectivity index (χ0n) is 14.3. The number of fused-ring (bicyclic) bond motifs is 1. The van der Waals surface area contributed by atoms with E-state index in [1.165, 1.54) is 12.1 Å². The molecule has 0 saturated carbocycles. The lowest BCUT2D eigenvalue weighted by Gasteiger charge is -2.29. The summed E-state index contributed by atoms with van der Waals surface area (Å²) in [5, 5.41) is 22.5. The molecule has 0 spiro atoms. The lowest BCUT2D eigenvalue weighted by Crippen LogP contribution is -2.49. The minimum absolute atomic E-state index is 0.0461. The predicted molar refractivity (Wildman–Crippen MR) is 90.0 cm³/mol. The Balaban J connectivity index is 2.19. The van der Waals surface area contributed by atoms with Crippen molar-refractivity contribution in [2.75, 3.05) is 18.1 Å². The molecular weight excluding hydrogens is 346 g/mol. The fourth-order valence-corrected chi connectivity index (χ4v) is 2.55. The smallest absolute Gasteiger partial charge is 0.326 e. The van der Waals surface area contributed by atoms with Gasteiger partial charge in [-0.1, -0.05) is 13.8 Å². The van der Waals surface area contributed by atoms with Crippen LogP contribution in [0.1, 0.15) is 20.3 Å². The molecule has 2 rings (SSSR count). The van der Waals surface area contributed by atoms with Crippen LogP contribution in [0.3, 0.4) is 0 Å². The average molecular weight is 365 g/mol. The largest absolute Gasteiger partial charge is 0.482 e. The molecule has 1 aromatic carbocycles. The van der Waals surface area contributed by atoms with E-state index >= 15 is 0 Å². The molecule has 1 aromatic rings. The first-order valence-electron chi connectivity index (χ1n) is 7.92. The molecule has 1 atom stereocenters. The standard InChI is InChI=1S/C16H19N3O7/c1-9(2)5-11(16(22)23)17-14(20)7-18-12-6-10(19(24)25)3-4-13(12)26-8-15(18)21/h3-4,6,9,11H,5,7-8H2,1-2H3,(H,17,20)(H,22,23)/t11-/m1/s1. The quantitative estimate of drug-likeness (QED) is 0.541. The number of nitrogens with one attached hydrogen (secondary N) is 1. The summed E-state index contributed by atoms with van der Waals surface area (Å²) in [6, 6.07) is 2.64. The summed E-state index contributed by atoms with van der Waals surface area (Å²) < 4.78 is 5.21. The van der Waals surface area contributed by atoms with Crippen LogP contribution in [0.2, 0.25) is 0 Å². The molecule has 1 aliphatic heterocycles. The van der Waals surface area contributed by atoms with E-state index in [0.717, 1.165) is 11.0 Å². The second kappa shape index (κ2) is 7.81. The second-order valence-corrected chi connectivity index (χ2v) is 6.27. The van der Waals surface area contributed by atoms with Gasteiger partial charge in [0.1, 0.15) is 18.3 Å². The van der Waals surface area contributed by atoms with Crippen LogP contribution in [-0.2, 0) is 14.4 Å². The number of non-ortho nitro benzene ring substituents is 1. The molecule has 10 nitrogen and oxygen atoms in total.